The summed E-state index contributed by atoms with van der Waals surface area (Å²) < 4.78 is 3.82. The largest absolute Gasteiger partial charge is 0.481 e. The molecule has 4 nitrogen and oxygen atoms in total. The minimum absolute atomic E-state index is 0.0432. The van der Waals surface area contributed by atoms with E-state index in [1.807, 2.05) is 0 Å². The smallest absolute Gasteiger partial charge is 0.305 e. The van der Waals surface area contributed by atoms with Gasteiger partial charge in [-0.25, -0.2) is 4.37 Å². The molecule has 0 saturated heterocycles. The van der Waals surface area contributed by atoms with Crippen LogP contribution in [0.3, 0.4) is 0 Å². The van der Waals surface area contributed by atoms with Crippen molar-refractivity contribution in [2.45, 2.75) is 12.5 Å². The van der Waals surface area contributed by atoms with Crippen molar-refractivity contribution in [3.63, 3.8) is 0 Å². The highest BCUT2D eigenvalue weighted by Gasteiger charge is 2.10. The van der Waals surface area contributed by atoms with Crippen LogP contribution in [0.4, 0.5) is 0 Å². The van der Waals surface area contributed by atoms with Crippen molar-refractivity contribution in [1.82, 2.24) is 4.37 Å². The van der Waals surface area contributed by atoms with Crippen molar-refractivity contribution in [3.05, 3.63) is 17.1 Å². The minimum Gasteiger partial charge on any atom is -0.481 e. The first-order chi connectivity index (χ1) is 5.20. The molecule has 0 radical (unpaired) electrons. The molecule has 1 heterocycles. The van der Waals surface area contributed by atoms with E-state index in [1.165, 1.54) is 11.5 Å². The summed E-state index contributed by atoms with van der Waals surface area (Å²) in [6, 6.07) is -0.425. The summed E-state index contributed by atoms with van der Waals surface area (Å²) in [6.07, 6.45) is 1.55. The second-order valence-corrected chi connectivity index (χ2v) is 2.82. The number of carboxylic acids is 1. The number of nitrogens with zero attached hydrogens (tertiary/aromatic N) is 1. The Morgan fingerprint density at radius 3 is 3.09 bits per heavy atom. The van der Waals surface area contributed by atoms with Gasteiger partial charge in [-0.1, -0.05) is 0 Å². The normalized spacial score (nSPS) is 12.8. The van der Waals surface area contributed by atoms with Crippen LogP contribution in [0.2, 0.25) is 0 Å². The lowest BCUT2D eigenvalue weighted by molar-refractivity contribution is -0.137. The topological polar surface area (TPSA) is 76.2 Å². The van der Waals surface area contributed by atoms with Gasteiger partial charge in [-0.2, -0.15) is 0 Å². The highest BCUT2D eigenvalue weighted by Crippen LogP contribution is 2.14. The fourth-order valence-corrected chi connectivity index (χ4v) is 1.30. The maximum absolute atomic E-state index is 10.2. The van der Waals surface area contributed by atoms with Crippen LogP contribution >= 0.6 is 11.5 Å². The molecule has 0 spiro atoms. The summed E-state index contributed by atoms with van der Waals surface area (Å²) in [4.78, 5) is 10.2. The van der Waals surface area contributed by atoms with Gasteiger partial charge in [0, 0.05) is 23.2 Å². The molecule has 5 heteroatoms. The van der Waals surface area contributed by atoms with Crippen LogP contribution in [0, 0.1) is 0 Å². The van der Waals surface area contributed by atoms with Crippen molar-refractivity contribution < 1.29 is 9.90 Å². The predicted molar refractivity (Wildman–Crippen MR) is 41.3 cm³/mol. The van der Waals surface area contributed by atoms with E-state index in [2.05, 4.69) is 4.37 Å². The van der Waals surface area contributed by atoms with Crippen molar-refractivity contribution >= 4 is 17.5 Å². The summed E-state index contributed by atoms with van der Waals surface area (Å²) in [5.41, 5.74) is 6.32. The van der Waals surface area contributed by atoms with Crippen LogP contribution in [-0.4, -0.2) is 15.4 Å². The summed E-state index contributed by atoms with van der Waals surface area (Å²) in [5, 5.41) is 10.1. The van der Waals surface area contributed by atoms with Gasteiger partial charge in [-0.05, 0) is 11.5 Å². The van der Waals surface area contributed by atoms with Gasteiger partial charge in [-0.3, -0.25) is 4.79 Å². The van der Waals surface area contributed by atoms with E-state index >= 15 is 0 Å². The van der Waals surface area contributed by atoms with E-state index in [9.17, 15) is 4.79 Å². The molecule has 0 aliphatic heterocycles. The van der Waals surface area contributed by atoms with E-state index < -0.39 is 12.0 Å². The SMILES string of the molecule is N[C@H](CC(=O)O)c1cnsc1. The Kier molecular flexibility index (Phi) is 2.56. The number of carboxylic acid groups (broad SMARTS) is 1. The quantitative estimate of drug-likeness (QED) is 0.700. The van der Waals surface area contributed by atoms with Gasteiger partial charge >= 0.3 is 5.97 Å². The number of hydrogen-bond acceptors (Lipinski definition) is 4. The number of nitrogens with two attached hydrogens (primary N) is 1. The lowest BCUT2D eigenvalue weighted by Gasteiger charge is -2.03. The molecule has 0 aliphatic rings. The summed E-state index contributed by atoms with van der Waals surface area (Å²) in [7, 11) is 0. The molecule has 1 aromatic heterocycles. The number of carbonyl (C=O) groups is 1. The lowest BCUT2D eigenvalue weighted by Crippen LogP contribution is -2.14. The molecule has 0 aromatic carbocycles. The standard InChI is InChI=1S/C6H8N2O2S/c7-5(1-6(9)10)4-2-8-11-3-4/h2-3,5H,1,7H2,(H,9,10)/t5-/m1/s1. The first-order valence-electron chi connectivity index (χ1n) is 3.07. The second kappa shape index (κ2) is 3.45. The zero-order valence-electron chi connectivity index (χ0n) is 5.73. The first-order valence-corrected chi connectivity index (χ1v) is 3.90. The van der Waals surface area contributed by atoms with Crippen molar-refractivity contribution in [2.24, 2.45) is 5.73 Å². The average Bonchev–Trinajstić information content (AvgIpc) is 2.35. The summed E-state index contributed by atoms with van der Waals surface area (Å²) >= 11 is 1.27. The fraction of sp³-hybridized carbons (Fsp3) is 0.333. The Bertz CT molecular complexity index is 235. The van der Waals surface area contributed by atoms with Gasteiger partial charge < -0.3 is 10.8 Å². The van der Waals surface area contributed by atoms with Gasteiger partial charge in [0.2, 0.25) is 0 Å². The Labute approximate surface area is 67.8 Å². The van der Waals surface area contributed by atoms with Gasteiger partial charge in [0.25, 0.3) is 0 Å². The predicted octanol–water partition coefficient (Wildman–Crippen LogP) is 0.618. The van der Waals surface area contributed by atoms with Crippen LogP contribution in [0.25, 0.3) is 0 Å². The lowest BCUT2D eigenvalue weighted by atomic mass is 10.1. The third-order valence-corrected chi connectivity index (χ3v) is 1.88. The van der Waals surface area contributed by atoms with Crippen molar-refractivity contribution in [1.29, 1.82) is 0 Å². The molecule has 0 aliphatic carbocycles. The van der Waals surface area contributed by atoms with Gasteiger partial charge in [0.1, 0.15) is 0 Å². The minimum atomic E-state index is -0.885. The molecular weight excluding hydrogens is 164 g/mol. The summed E-state index contributed by atoms with van der Waals surface area (Å²) in [5.74, 6) is -0.885. The number of rotatable bonds is 3. The maximum atomic E-state index is 10.2. The summed E-state index contributed by atoms with van der Waals surface area (Å²) in [6.45, 7) is 0. The molecule has 0 unspecified atom stereocenters. The molecule has 1 aromatic rings. The van der Waals surface area contributed by atoms with E-state index in [0.717, 1.165) is 5.56 Å². The molecule has 0 amide bonds. The zero-order valence-corrected chi connectivity index (χ0v) is 6.54. The van der Waals surface area contributed by atoms with Crippen molar-refractivity contribution in [2.75, 3.05) is 0 Å². The van der Waals surface area contributed by atoms with E-state index in [-0.39, 0.29) is 6.42 Å². The highest BCUT2D eigenvalue weighted by molar-refractivity contribution is 7.03. The Morgan fingerprint density at radius 1 is 1.91 bits per heavy atom. The molecule has 11 heavy (non-hydrogen) atoms. The molecule has 1 atom stereocenters. The monoisotopic (exact) mass is 172 g/mol. The molecule has 3 N–H and O–H groups in total. The molecular formula is C6H8N2O2S. The third kappa shape index (κ3) is 2.28. The molecule has 0 fully saturated rings. The second-order valence-electron chi connectivity index (χ2n) is 2.16. The number of hydrogen-bond donors (Lipinski definition) is 2. The van der Waals surface area contributed by atoms with Crippen molar-refractivity contribution in [3.8, 4) is 0 Å². The average molecular weight is 172 g/mol. The molecule has 60 valence electrons. The van der Waals surface area contributed by atoms with E-state index in [0.29, 0.717) is 0 Å². The number of aromatic nitrogens is 1. The Morgan fingerprint density at radius 2 is 2.64 bits per heavy atom. The third-order valence-electron chi connectivity index (χ3n) is 1.27. The Balaban J connectivity index is 2.56. The van der Waals surface area contributed by atoms with Crippen LogP contribution in [0.15, 0.2) is 11.6 Å². The maximum Gasteiger partial charge on any atom is 0.305 e. The van der Waals surface area contributed by atoms with Crippen LogP contribution < -0.4 is 5.73 Å². The fourth-order valence-electron chi connectivity index (χ4n) is 0.702. The molecule has 1 rings (SSSR count). The van der Waals surface area contributed by atoms with Gasteiger partial charge in [0.15, 0.2) is 0 Å². The van der Waals surface area contributed by atoms with Crippen LogP contribution in [0.1, 0.15) is 18.0 Å². The van der Waals surface area contributed by atoms with Gasteiger partial charge in [-0.15, -0.1) is 0 Å². The first kappa shape index (κ1) is 8.16. The zero-order chi connectivity index (χ0) is 8.27. The van der Waals surface area contributed by atoms with Crippen LogP contribution in [0.5, 0.6) is 0 Å². The number of aliphatic carboxylic acids is 1. The molecule has 0 bridgehead atoms. The van der Waals surface area contributed by atoms with Crippen LogP contribution in [-0.2, 0) is 4.79 Å². The Hall–Kier alpha value is -0.940. The van der Waals surface area contributed by atoms with E-state index in [1.54, 1.807) is 11.6 Å². The highest BCUT2D eigenvalue weighted by atomic mass is 32.1. The van der Waals surface area contributed by atoms with E-state index in [4.69, 9.17) is 10.8 Å². The van der Waals surface area contributed by atoms with Gasteiger partial charge in [0.05, 0.1) is 6.42 Å². The molecule has 0 saturated carbocycles.